The SMILES string of the molecule is CC(O)CNC(=O)c1nc(CC(=O)Nc2cccc(C(F)(F)F)c2)no1. The number of amides is 2. The predicted molar refractivity (Wildman–Crippen MR) is 82.1 cm³/mol. The summed E-state index contributed by atoms with van der Waals surface area (Å²) in [6.07, 6.45) is -5.69. The van der Waals surface area contributed by atoms with Gasteiger partial charge in [-0.05, 0) is 25.1 Å². The van der Waals surface area contributed by atoms with Crippen LogP contribution >= 0.6 is 0 Å². The van der Waals surface area contributed by atoms with Gasteiger partial charge in [-0.25, -0.2) is 0 Å². The van der Waals surface area contributed by atoms with Crippen LogP contribution in [0, 0.1) is 0 Å². The Kier molecular flexibility index (Phi) is 5.93. The summed E-state index contributed by atoms with van der Waals surface area (Å²) in [4.78, 5) is 27.2. The third-order valence-electron chi connectivity index (χ3n) is 3.01. The quantitative estimate of drug-likeness (QED) is 0.705. The van der Waals surface area contributed by atoms with Crippen molar-refractivity contribution in [2.45, 2.75) is 25.6 Å². The fraction of sp³-hybridized carbons (Fsp3) is 0.333. The Balaban J connectivity index is 1.95. The molecule has 3 N–H and O–H groups in total. The molecule has 0 bridgehead atoms. The second kappa shape index (κ2) is 7.95. The van der Waals surface area contributed by atoms with Gasteiger partial charge in [-0.3, -0.25) is 9.59 Å². The van der Waals surface area contributed by atoms with Crippen molar-refractivity contribution in [1.82, 2.24) is 15.5 Å². The van der Waals surface area contributed by atoms with Crippen molar-refractivity contribution >= 4 is 17.5 Å². The number of aromatic nitrogens is 2. The Labute approximate surface area is 145 Å². The van der Waals surface area contributed by atoms with E-state index in [1.54, 1.807) is 0 Å². The Hall–Kier alpha value is -2.95. The maximum absolute atomic E-state index is 12.6. The molecule has 1 unspecified atom stereocenters. The van der Waals surface area contributed by atoms with Crippen LogP contribution in [0.1, 0.15) is 29.0 Å². The minimum Gasteiger partial charge on any atom is -0.392 e. The summed E-state index contributed by atoms with van der Waals surface area (Å²) in [5.74, 6) is -1.91. The largest absolute Gasteiger partial charge is 0.416 e. The lowest BCUT2D eigenvalue weighted by atomic mass is 10.2. The molecular weight excluding hydrogens is 357 g/mol. The zero-order valence-electron chi connectivity index (χ0n) is 13.5. The van der Waals surface area contributed by atoms with Gasteiger partial charge in [0, 0.05) is 12.2 Å². The Morgan fingerprint density at radius 3 is 2.73 bits per heavy atom. The predicted octanol–water partition coefficient (Wildman–Crippen LogP) is 1.38. The van der Waals surface area contributed by atoms with Gasteiger partial charge in [-0.15, -0.1) is 0 Å². The van der Waals surface area contributed by atoms with Gasteiger partial charge in [0.15, 0.2) is 5.82 Å². The molecule has 0 aliphatic carbocycles. The van der Waals surface area contributed by atoms with Gasteiger partial charge in [0.05, 0.1) is 18.1 Å². The smallest absolute Gasteiger partial charge is 0.392 e. The zero-order chi connectivity index (χ0) is 19.3. The van der Waals surface area contributed by atoms with E-state index in [0.29, 0.717) is 0 Å². The van der Waals surface area contributed by atoms with Gasteiger partial charge in [0.25, 0.3) is 0 Å². The number of benzene rings is 1. The summed E-state index contributed by atoms with van der Waals surface area (Å²) in [6, 6.07) is 4.14. The molecule has 0 aliphatic heterocycles. The van der Waals surface area contributed by atoms with E-state index in [4.69, 9.17) is 9.63 Å². The van der Waals surface area contributed by atoms with Crippen LogP contribution in [0.3, 0.4) is 0 Å². The Bertz CT molecular complexity index is 789. The van der Waals surface area contributed by atoms with E-state index < -0.39 is 42.0 Å². The van der Waals surface area contributed by atoms with Crippen LogP contribution in [0.25, 0.3) is 0 Å². The normalized spacial score (nSPS) is 12.5. The van der Waals surface area contributed by atoms with Crippen LogP contribution in [-0.2, 0) is 17.4 Å². The summed E-state index contributed by atoms with van der Waals surface area (Å²) >= 11 is 0. The summed E-state index contributed by atoms with van der Waals surface area (Å²) < 4.78 is 42.6. The molecule has 1 aromatic carbocycles. The highest BCUT2D eigenvalue weighted by atomic mass is 19.4. The first-order valence-electron chi connectivity index (χ1n) is 7.41. The molecule has 0 saturated heterocycles. The molecule has 140 valence electrons. The first kappa shape index (κ1) is 19.4. The first-order valence-corrected chi connectivity index (χ1v) is 7.41. The molecule has 26 heavy (non-hydrogen) atoms. The van der Waals surface area contributed by atoms with Crippen LogP contribution in [0.15, 0.2) is 28.8 Å². The van der Waals surface area contributed by atoms with E-state index in [0.717, 1.165) is 18.2 Å². The number of carbonyl (C=O) groups excluding carboxylic acids is 2. The highest BCUT2D eigenvalue weighted by molar-refractivity contribution is 5.92. The molecule has 8 nitrogen and oxygen atoms in total. The lowest BCUT2D eigenvalue weighted by Gasteiger charge is -2.09. The van der Waals surface area contributed by atoms with Gasteiger partial charge in [-0.2, -0.15) is 18.2 Å². The van der Waals surface area contributed by atoms with Crippen LogP contribution < -0.4 is 10.6 Å². The average Bonchev–Trinajstić information content (AvgIpc) is 3.00. The molecule has 0 radical (unpaired) electrons. The molecule has 1 aromatic heterocycles. The van der Waals surface area contributed by atoms with Crippen LogP contribution in [-0.4, -0.2) is 39.7 Å². The molecule has 11 heteroatoms. The fourth-order valence-corrected chi connectivity index (χ4v) is 1.86. The van der Waals surface area contributed by atoms with E-state index in [1.165, 1.54) is 13.0 Å². The maximum atomic E-state index is 12.6. The standard InChI is InChI=1S/C15H15F3N4O4/c1-8(23)7-19-13(25)14-21-11(22-26-14)6-12(24)20-10-4-2-3-9(5-10)15(16,17)18/h2-5,8,23H,6-7H2,1H3,(H,19,25)(H,20,24). The number of alkyl halides is 3. The first-order chi connectivity index (χ1) is 12.1. The summed E-state index contributed by atoms with van der Waals surface area (Å²) in [6.45, 7) is 1.45. The van der Waals surface area contributed by atoms with E-state index in [-0.39, 0.29) is 18.1 Å². The Morgan fingerprint density at radius 1 is 1.35 bits per heavy atom. The van der Waals surface area contributed by atoms with Crippen LogP contribution in [0.5, 0.6) is 0 Å². The molecule has 2 amide bonds. The number of nitrogens with one attached hydrogen (secondary N) is 2. The molecule has 2 rings (SSSR count). The van der Waals surface area contributed by atoms with E-state index in [1.807, 2.05) is 0 Å². The Morgan fingerprint density at radius 2 is 2.08 bits per heavy atom. The molecule has 1 heterocycles. The third-order valence-corrected chi connectivity index (χ3v) is 3.01. The zero-order valence-corrected chi connectivity index (χ0v) is 13.5. The number of nitrogens with zero attached hydrogens (tertiary/aromatic N) is 2. The van der Waals surface area contributed by atoms with Gasteiger partial charge >= 0.3 is 18.0 Å². The molecule has 1 atom stereocenters. The van der Waals surface area contributed by atoms with Crippen molar-refractivity contribution < 1.29 is 32.4 Å². The molecule has 0 aliphatic rings. The molecule has 2 aromatic rings. The molecular formula is C15H15F3N4O4. The van der Waals surface area contributed by atoms with Gasteiger partial charge in [-0.1, -0.05) is 11.2 Å². The van der Waals surface area contributed by atoms with Crippen molar-refractivity contribution in [3.8, 4) is 0 Å². The highest BCUT2D eigenvalue weighted by Gasteiger charge is 2.30. The minimum absolute atomic E-state index is 0.0213. The van der Waals surface area contributed by atoms with Crippen LogP contribution in [0.2, 0.25) is 0 Å². The van der Waals surface area contributed by atoms with Crippen LogP contribution in [0.4, 0.5) is 18.9 Å². The second-order valence-electron chi connectivity index (χ2n) is 5.38. The number of aliphatic hydroxyl groups is 1. The number of rotatable bonds is 6. The topological polar surface area (TPSA) is 117 Å². The van der Waals surface area contributed by atoms with Crippen molar-refractivity contribution in [2.24, 2.45) is 0 Å². The van der Waals surface area contributed by atoms with E-state index >= 15 is 0 Å². The summed E-state index contributed by atoms with van der Waals surface area (Å²) in [5, 5.41) is 17.2. The number of halogens is 3. The molecule has 0 spiro atoms. The average molecular weight is 372 g/mol. The van der Waals surface area contributed by atoms with Gasteiger partial charge in [0.2, 0.25) is 5.91 Å². The van der Waals surface area contributed by atoms with Crippen molar-refractivity contribution in [2.75, 3.05) is 11.9 Å². The summed E-state index contributed by atoms with van der Waals surface area (Å²) in [5.41, 5.74) is -0.935. The van der Waals surface area contributed by atoms with E-state index in [9.17, 15) is 22.8 Å². The second-order valence-corrected chi connectivity index (χ2v) is 5.38. The molecule has 0 fully saturated rings. The fourth-order valence-electron chi connectivity index (χ4n) is 1.86. The monoisotopic (exact) mass is 372 g/mol. The number of aliphatic hydroxyl groups excluding tert-OH is 1. The summed E-state index contributed by atoms with van der Waals surface area (Å²) in [7, 11) is 0. The number of hydrogen-bond donors (Lipinski definition) is 3. The lowest BCUT2D eigenvalue weighted by Crippen LogP contribution is -2.30. The van der Waals surface area contributed by atoms with Crippen molar-refractivity contribution in [1.29, 1.82) is 0 Å². The molecule has 0 saturated carbocycles. The van der Waals surface area contributed by atoms with E-state index in [2.05, 4.69) is 20.8 Å². The third kappa shape index (κ3) is 5.55. The van der Waals surface area contributed by atoms with Crippen molar-refractivity contribution in [3.05, 3.63) is 41.5 Å². The van der Waals surface area contributed by atoms with Crippen molar-refractivity contribution in [3.63, 3.8) is 0 Å². The number of carbonyl (C=O) groups is 2. The highest BCUT2D eigenvalue weighted by Crippen LogP contribution is 2.30. The van der Waals surface area contributed by atoms with Gasteiger partial charge < -0.3 is 20.3 Å². The lowest BCUT2D eigenvalue weighted by molar-refractivity contribution is -0.137. The van der Waals surface area contributed by atoms with Gasteiger partial charge in [0.1, 0.15) is 0 Å². The number of anilines is 1. The number of hydrogen-bond acceptors (Lipinski definition) is 6. The maximum Gasteiger partial charge on any atom is 0.416 e. The minimum atomic E-state index is -4.53.